The number of thioether (sulfide) groups is 1. The van der Waals surface area contributed by atoms with Crippen LogP contribution in [0.4, 0.5) is 0 Å². The Kier molecular flexibility index (Phi) is 3.25. The van der Waals surface area contributed by atoms with E-state index in [1.54, 1.807) is 6.26 Å². The van der Waals surface area contributed by atoms with Gasteiger partial charge in [0.25, 0.3) is 0 Å². The molecule has 0 amide bonds. The predicted molar refractivity (Wildman–Crippen MR) is 28.5 cm³/mol. The maximum atomic E-state index is 8.19. The van der Waals surface area contributed by atoms with Crippen molar-refractivity contribution in [1.82, 2.24) is 0 Å². The molecule has 0 saturated carbocycles. The van der Waals surface area contributed by atoms with Crippen molar-refractivity contribution in [3.05, 3.63) is 0 Å². The van der Waals surface area contributed by atoms with Gasteiger partial charge in [-0.2, -0.15) is 0 Å². The maximum absolute atomic E-state index is 8.19. The molecule has 0 aliphatic rings. The van der Waals surface area contributed by atoms with Gasteiger partial charge in [0.2, 0.25) is 0 Å². The fraction of sp³-hybridized carbons (Fsp3) is 1.00. The molecular formula is C2H6OS2. The van der Waals surface area contributed by atoms with Gasteiger partial charge in [0.15, 0.2) is 0 Å². The lowest BCUT2D eigenvalue weighted by Gasteiger charge is -1.89. The first kappa shape index (κ1) is 5.66. The van der Waals surface area contributed by atoms with Gasteiger partial charge in [-0.05, 0) is 6.26 Å². The molecule has 0 rings (SSSR count). The van der Waals surface area contributed by atoms with Crippen LogP contribution in [0.25, 0.3) is 0 Å². The molecular weight excluding hydrogens is 104 g/mol. The van der Waals surface area contributed by atoms with Gasteiger partial charge in [-0.1, -0.05) is 0 Å². The highest BCUT2D eigenvalue weighted by atomic mass is 32.2. The van der Waals surface area contributed by atoms with Crippen molar-refractivity contribution in [3.8, 4) is 0 Å². The van der Waals surface area contributed by atoms with E-state index in [1.165, 1.54) is 11.8 Å². The number of thiol groups is 1. The Bertz CT molecular complexity index is 21.6. The topological polar surface area (TPSA) is 20.2 Å². The number of hydrogen-bond donors (Lipinski definition) is 2. The zero-order chi connectivity index (χ0) is 4.28. The summed E-state index contributed by atoms with van der Waals surface area (Å²) in [5.41, 5.74) is 0. The Hall–Kier alpha value is 0.660. The van der Waals surface area contributed by atoms with Gasteiger partial charge < -0.3 is 5.11 Å². The van der Waals surface area contributed by atoms with Gasteiger partial charge in [-0.25, -0.2) is 0 Å². The number of rotatable bonds is 1. The van der Waals surface area contributed by atoms with E-state index in [-0.39, 0.29) is 0 Å². The second-order valence-corrected chi connectivity index (χ2v) is 2.32. The predicted octanol–water partition coefficient (Wildman–Crippen LogP) is 0.555. The molecule has 0 aliphatic carbocycles. The van der Waals surface area contributed by atoms with E-state index >= 15 is 0 Å². The largest absolute Gasteiger partial charge is 0.373 e. The Labute approximate surface area is 41.2 Å². The third-order valence-corrected chi connectivity index (χ3v) is 1.26. The van der Waals surface area contributed by atoms with Crippen LogP contribution in [-0.4, -0.2) is 16.1 Å². The molecule has 32 valence electrons. The minimum atomic E-state index is -0.505. The first-order valence-corrected chi connectivity index (χ1v) is 2.96. The van der Waals surface area contributed by atoms with Crippen molar-refractivity contribution in [2.75, 3.05) is 6.26 Å². The quantitative estimate of drug-likeness (QED) is 0.380. The lowest BCUT2D eigenvalue weighted by Crippen LogP contribution is -1.81. The third kappa shape index (κ3) is 4.66. The molecule has 0 fully saturated rings. The Morgan fingerprint density at radius 2 is 2.20 bits per heavy atom. The minimum absolute atomic E-state index is 0.505. The smallest absolute Gasteiger partial charge is 0.143 e. The monoisotopic (exact) mass is 110 g/mol. The van der Waals surface area contributed by atoms with Gasteiger partial charge in [0.05, 0.1) is 0 Å². The second-order valence-electron chi connectivity index (χ2n) is 0.562. The fourth-order valence-electron chi connectivity index (χ4n) is 0. The highest BCUT2D eigenvalue weighted by Gasteiger charge is 1.82. The molecule has 0 aliphatic heterocycles. The van der Waals surface area contributed by atoms with E-state index in [9.17, 15) is 0 Å². The minimum Gasteiger partial charge on any atom is -0.373 e. The van der Waals surface area contributed by atoms with E-state index in [0.29, 0.717) is 0 Å². The molecule has 0 aromatic carbocycles. The van der Waals surface area contributed by atoms with Gasteiger partial charge in [0, 0.05) is 0 Å². The number of hydrogen-bond acceptors (Lipinski definition) is 3. The average molecular weight is 110 g/mol. The first-order chi connectivity index (χ1) is 2.27. The molecule has 1 atom stereocenters. The lowest BCUT2D eigenvalue weighted by molar-refractivity contribution is 0.348. The average Bonchev–Trinajstić information content (AvgIpc) is 1.38. The molecule has 0 bridgehead atoms. The molecule has 1 N–H and O–H groups in total. The van der Waals surface area contributed by atoms with Gasteiger partial charge >= 0.3 is 0 Å². The third-order valence-electron chi connectivity index (χ3n) is 0.211. The van der Waals surface area contributed by atoms with Crippen LogP contribution >= 0.6 is 24.4 Å². The second kappa shape index (κ2) is 2.87. The zero-order valence-corrected chi connectivity index (χ0v) is 4.59. The van der Waals surface area contributed by atoms with Crippen LogP contribution in [0.5, 0.6) is 0 Å². The van der Waals surface area contributed by atoms with E-state index < -0.39 is 4.77 Å². The molecule has 0 heterocycles. The standard InChI is InChI=1S/C2H6OS2/c1-5-2(3)4/h2-4H,1H3. The summed E-state index contributed by atoms with van der Waals surface area (Å²) in [5.74, 6) is 0. The molecule has 5 heavy (non-hydrogen) atoms. The molecule has 3 heteroatoms. The van der Waals surface area contributed by atoms with Crippen molar-refractivity contribution in [3.63, 3.8) is 0 Å². The Morgan fingerprint density at radius 1 is 2.00 bits per heavy atom. The van der Waals surface area contributed by atoms with Crippen molar-refractivity contribution < 1.29 is 5.11 Å². The van der Waals surface area contributed by atoms with Crippen LogP contribution in [0.2, 0.25) is 0 Å². The number of aliphatic hydroxyl groups excluding tert-OH is 1. The first-order valence-electron chi connectivity index (χ1n) is 1.16. The molecule has 1 unspecified atom stereocenters. The summed E-state index contributed by atoms with van der Waals surface area (Å²) in [6.45, 7) is 0. The van der Waals surface area contributed by atoms with Crippen molar-refractivity contribution in [2.45, 2.75) is 4.77 Å². The molecule has 1 nitrogen and oxygen atoms in total. The van der Waals surface area contributed by atoms with E-state index in [0.717, 1.165) is 0 Å². The summed E-state index contributed by atoms with van der Waals surface area (Å²) in [4.78, 5) is 0. The van der Waals surface area contributed by atoms with Crippen LogP contribution in [0, 0.1) is 0 Å². The Balaban J connectivity index is 2.54. The SMILES string of the molecule is CSC(O)S. The van der Waals surface area contributed by atoms with E-state index in [2.05, 4.69) is 12.6 Å². The van der Waals surface area contributed by atoms with E-state index in [1.807, 2.05) is 0 Å². The highest BCUT2D eigenvalue weighted by molar-refractivity contribution is 8.09. The van der Waals surface area contributed by atoms with Crippen LogP contribution in [0.15, 0.2) is 0 Å². The van der Waals surface area contributed by atoms with Crippen molar-refractivity contribution in [1.29, 1.82) is 0 Å². The zero-order valence-electron chi connectivity index (χ0n) is 2.88. The molecule has 0 saturated heterocycles. The van der Waals surface area contributed by atoms with Gasteiger partial charge in [-0.3, -0.25) is 0 Å². The van der Waals surface area contributed by atoms with E-state index in [4.69, 9.17) is 5.11 Å². The molecule has 0 radical (unpaired) electrons. The van der Waals surface area contributed by atoms with Crippen molar-refractivity contribution >= 4 is 24.4 Å². The normalized spacial score (nSPS) is 15.0. The van der Waals surface area contributed by atoms with Crippen LogP contribution in [0.3, 0.4) is 0 Å². The lowest BCUT2D eigenvalue weighted by atomic mass is 11.7. The van der Waals surface area contributed by atoms with Gasteiger partial charge in [-0.15, -0.1) is 24.4 Å². The highest BCUT2D eigenvalue weighted by Crippen LogP contribution is 2.03. The summed E-state index contributed by atoms with van der Waals surface area (Å²) in [6, 6.07) is 0. The summed E-state index contributed by atoms with van der Waals surface area (Å²) in [7, 11) is 0. The van der Waals surface area contributed by atoms with Crippen LogP contribution < -0.4 is 0 Å². The van der Waals surface area contributed by atoms with Gasteiger partial charge in [0.1, 0.15) is 4.77 Å². The van der Waals surface area contributed by atoms with Crippen molar-refractivity contribution in [2.24, 2.45) is 0 Å². The van der Waals surface area contributed by atoms with Crippen LogP contribution in [0.1, 0.15) is 0 Å². The molecule has 0 aromatic heterocycles. The summed E-state index contributed by atoms with van der Waals surface area (Å²) in [5, 5.41) is 8.19. The Morgan fingerprint density at radius 3 is 2.20 bits per heavy atom. The molecule has 0 aromatic rings. The summed E-state index contributed by atoms with van der Waals surface area (Å²) >= 11 is 4.92. The maximum Gasteiger partial charge on any atom is 0.143 e. The summed E-state index contributed by atoms with van der Waals surface area (Å²) in [6.07, 6.45) is 1.79. The number of aliphatic hydroxyl groups is 1. The summed E-state index contributed by atoms with van der Waals surface area (Å²) < 4.78 is -0.505. The fourth-order valence-corrected chi connectivity index (χ4v) is 0. The van der Waals surface area contributed by atoms with Crippen LogP contribution in [-0.2, 0) is 0 Å². The molecule has 0 spiro atoms.